The van der Waals surface area contributed by atoms with Crippen molar-refractivity contribution in [3.8, 4) is 0 Å². The maximum atomic E-state index is 12.3. The Bertz CT molecular complexity index is 412. The van der Waals surface area contributed by atoms with E-state index in [1.54, 1.807) is 0 Å². The molecule has 2 N–H and O–H groups in total. The molecule has 0 bridgehead atoms. The number of fused-ring (bicyclic) bond motifs is 1. The van der Waals surface area contributed by atoms with Crippen molar-refractivity contribution in [1.29, 1.82) is 0 Å². The lowest BCUT2D eigenvalue weighted by molar-refractivity contribution is -0.133. The van der Waals surface area contributed by atoms with Crippen LogP contribution in [0.1, 0.15) is 51.4 Å². The van der Waals surface area contributed by atoms with E-state index in [2.05, 4.69) is 10.6 Å². The summed E-state index contributed by atoms with van der Waals surface area (Å²) < 4.78 is 0. The molecule has 0 aromatic heterocycles. The molecule has 3 rings (SSSR count). The summed E-state index contributed by atoms with van der Waals surface area (Å²) in [5, 5.41) is 6.28. The minimum atomic E-state index is 0. The summed E-state index contributed by atoms with van der Waals surface area (Å²) in [6.07, 6.45) is 8.94. The zero-order chi connectivity index (χ0) is 16.1. The topological polar surface area (TPSA) is 61.4 Å². The van der Waals surface area contributed by atoms with Crippen molar-refractivity contribution in [2.24, 2.45) is 17.8 Å². The largest absolute Gasteiger partial charge is 0.347 e. The van der Waals surface area contributed by atoms with Crippen molar-refractivity contribution in [2.75, 3.05) is 32.7 Å². The van der Waals surface area contributed by atoms with Gasteiger partial charge in [-0.05, 0) is 50.1 Å². The minimum absolute atomic E-state index is 0. The first-order chi connectivity index (χ1) is 11.2. The molecule has 2 aliphatic heterocycles. The van der Waals surface area contributed by atoms with Crippen LogP contribution in [0.2, 0.25) is 0 Å². The highest BCUT2D eigenvalue weighted by Crippen LogP contribution is 2.28. The lowest BCUT2D eigenvalue weighted by Gasteiger charge is -2.21. The minimum Gasteiger partial charge on any atom is -0.347 e. The van der Waals surface area contributed by atoms with Gasteiger partial charge in [-0.2, -0.15) is 0 Å². The number of amides is 2. The summed E-state index contributed by atoms with van der Waals surface area (Å²) in [6, 6.07) is 0. The van der Waals surface area contributed by atoms with E-state index in [1.807, 2.05) is 4.90 Å². The molecule has 6 heteroatoms. The van der Waals surface area contributed by atoms with Crippen LogP contribution in [0, 0.1) is 17.8 Å². The second kappa shape index (κ2) is 9.62. The number of carbonyl (C=O) groups is 2. The predicted octanol–water partition coefficient (Wildman–Crippen LogP) is 1.95. The number of rotatable bonds is 5. The maximum Gasteiger partial charge on any atom is 0.241 e. The van der Waals surface area contributed by atoms with Gasteiger partial charge in [0, 0.05) is 19.5 Å². The van der Waals surface area contributed by atoms with Crippen molar-refractivity contribution in [2.45, 2.75) is 51.4 Å². The quantitative estimate of drug-likeness (QED) is 0.790. The zero-order valence-electron chi connectivity index (χ0n) is 14.6. The van der Waals surface area contributed by atoms with E-state index < -0.39 is 0 Å². The molecule has 1 saturated carbocycles. The molecule has 0 spiro atoms. The van der Waals surface area contributed by atoms with Crippen LogP contribution < -0.4 is 10.6 Å². The van der Waals surface area contributed by atoms with Gasteiger partial charge in [-0.3, -0.25) is 9.59 Å². The van der Waals surface area contributed by atoms with E-state index in [9.17, 15) is 9.59 Å². The molecule has 24 heavy (non-hydrogen) atoms. The van der Waals surface area contributed by atoms with Crippen molar-refractivity contribution < 1.29 is 9.59 Å². The molecule has 0 aromatic carbocycles. The Morgan fingerprint density at radius 3 is 2.25 bits per heavy atom. The van der Waals surface area contributed by atoms with Crippen LogP contribution in [-0.2, 0) is 9.59 Å². The second-order valence-corrected chi connectivity index (χ2v) is 7.60. The summed E-state index contributed by atoms with van der Waals surface area (Å²) in [6.45, 7) is 4.07. The van der Waals surface area contributed by atoms with E-state index in [0.29, 0.717) is 6.42 Å². The fourth-order valence-electron chi connectivity index (χ4n) is 4.48. The number of halogens is 1. The van der Waals surface area contributed by atoms with Crippen LogP contribution in [0.25, 0.3) is 0 Å². The SMILES string of the molecule is Cl.O=C(CCC1CCCC1)NCC(=O)N1CC[C@@H]2CNC[C@@H]2CC1. The van der Waals surface area contributed by atoms with Crippen LogP contribution in [0.3, 0.4) is 0 Å². The molecule has 138 valence electrons. The van der Waals surface area contributed by atoms with Gasteiger partial charge < -0.3 is 15.5 Å². The molecule has 2 amide bonds. The van der Waals surface area contributed by atoms with Gasteiger partial charge in [0.1, 0.15) is 0 Å². The van der Waals surface area contributed by atoms with Crippen molar-refractivity contribution in [3.05, 3.63) is 0 Å². The lowest BCUT2D eigenvalue weighted by Crippen LogP contribution is -2.41. The molecule has 3 fully saturated rings. The Morgan fingerprint density at radius 2 is 1.62 bits per heavy atom. The van der Waals surface area contributed by atoms with E-state index in [4.69, 9.17) is 0 Å². The molecule has 0 radical (unpaired) electrons. The Morgan fingerprint density at radius 1 is 1.00 bits per heavy atom. The summed E-state index contributed by atoms with van der Waals surface area (Å²) in [5.74, 6) is 2.32. The highest BCUT2D eigenvalue weighted by molar-refractivity contribution is 5.85. The number of hydrogen-bond donors (Lipinski definition) is 2. The van der Waals surface area contributed by atoms with Gasteiger partial charge in [0.05, 0.1) is 6.54 Å². The highest BCUT2D eigenvalue weighted by atomic mass is 35.5. The molecular weight excluding hydrogens is 326 g/mol. The van der Waals surface area contributed by atoms with E-state index >= 15 is 0 Å². The van der Waals surface area contributed by atoms with Crippen molar-refractivity contribution >= 4 is 24.2 Å². The van der Waals surface area contributed by atoms with Gasteiger partial charge in [0.2, 0.25) is 11.8 Å². The third-order valence-electron chi connectivity index (χ3n) is 6.06. The standard InChI is InChI=1S/C18H31N3O2.ClH/c22-17(6-5-14-3-1-2-4-14)20-13-18(23)21-9-7-15-11-19-12-16(15)8-10-21;/h14-16,19H,1-13H2,(H,20,22);1H/t15-,16+;. The number of likely N-dealkylation sites (tertiary alicyclic amines) is 1. The summed E-state index contributed by atoms with van der Waals surface area (Å²) in [7, 11) is 0. The third-order valence-corrected chi connectivity index (χ3v) is 6.06. The van der Waals surface area contributed by atoms with Gasteiger partial charge in [0.15, 0.2) is 0 Å². The van der Waals surface area contributed by atoms with Crippen molar-refractivity contribution in [1.82, 2.24) is 15.5 Å². The maximum absolute atomic E-state index is 12.3. The van der Waals surface area contributed by atoms with Gasteiger partial charge >= 0.3 is 0 Å². The van der Waals surface area contributed by atoms with Crippen LogP contribution in [-0.4, -0.2) is 49.4 Å². The molecule has 2 heterocycles. The number of nitrogens with one attached hydrogen (secondary N) is 2. The van der Waals surface area contributed by atoms with E-state index in [1.165, 1.54) is 25.7 Å². The summed E-state index contributed by atoms with van der Waals surface area (Å²) >= 11 is 0. The first-order valence-electron chi connectivity index (χ1n) is 9.47. The average molecular weight is 358 g/mol. The first-order valence-corrected chi connectivity index (χ1v) is 9.47. The van der Waals surface area contributed by atoms with Gasteiger partial charge in [0.25, 0.3) is 0 Å². The Kier molecular flexibility index (Phi) is 7.82. The fourth-order valence-corrected chi connectivity index (χ4v) is 4.48. The summed E-state index contributed by atoms with van der Waals surface area (Å²) in [5.41, 5.74) is 0. The molecule has 3 aliphatic rings. The number of hydrogen-bond acceptors (Lipinski definition) is 3. The van der Waals surface area contributed by atoms with Crippen LogP contribution >= 0.6 is 12.4 Å². The molecule has 5 nitrogen and oxygen atoms in total. The average Bonchev–Trinajstić information content (AvgIpc) is 3.19. The lowest BCUT2D eigenvalue weighted by atomic mass is 9.92. The molecule has 0 aromatic rings. The highest BCUT2D eigenvalue weighted by Gasteiger charge is 2.31. The van der Waals surface area contributed by atoms with Gasteiger partial charge in [-0.25, -0.2) is 0 Å². The van der Waals surface area contributed by atoms with Crippen LogP contribution in [0.15, 0.2) is 0 Å². The first kappa shape index (κ1) is 19.5. The van der Waals surface area contributed by atoms with Gasteiger partial charge in [-0.1, -0.05) is 25.7 Å². The van der Waals surface area contributed by atoms with E-state index in [-0.39, 0.29) is 30.8 Å². The van der Waals surface area contributed by atoms with Crippen molar-refractivity contribution in [3.63, 3.8) is 0 Å². The fraction of sp³-hybridized carbons (Fsp3) is 0.889. The monoisotopic (exact) mass is 357 g/mol. The molecule has 1 aliphatic carbocycles. The number of carbonyl (C=O) groups excluding carboxylic acids is 2. The zero-order valence-corrected chi connectivity index (χ0v) is 15.4. The molecule has 0 unspecified atom stereocenters. The predicted molar refractivity (Wildman–Crippen MR) is 97.1 cm³/mol. The molecule has 2 atom stereocenters. The van der Waals surface area contributed by atoms with Crippen LogP contribution in [0.4, 0.5) is 0 Å². The van der Waals surface area contributed by atoms with E-state index in [0.717, 1.165) is 63.2 Å². The molecular formula is C18H32ClN3O2. The normalized spacial score (nSPS) is 27.2. The third kappa shape index (κ3) is 5.35. The Hall–Kier alpha value is -0.810. The number of nitrogens with zero attached hydrogens (tertiary/aromatic N) is 1. The summed E-state index contributed by atoms with van der Waals surface area (Å²) in [4.78, 5) is 26.2. The smallest absolute Gasteiger partial charge is 0.241 e. The second-order valence-electron chi connectivity index (χ2n) is 7.60. The van der Waals surface area contributed by atoms with Crippen LogP contribution in [0.5, 0.6) is 0 Å². The Labute approximate surface area is 151 Å². The molecule has 2 saturated heterocycles. The van der Waals surface area contributed by atoms with Gasteiger partial charge in [-0.15, -0.1) is 12.4 Å². The Balaban J connectivity index is 0.00000208.